The minimum absolute atomic E-state index is 0.176. The van der Waals surface area contributed by atoms with Gasteiger partial charge in [0.1, 0.15) is 17.9 Å². The van der Waals surface area contributed by atoms with Crippen LogP contribution in [0.25, 0.3) is 0 Å². The molecule has 0 aromatic heterocycles. The van der Waals surface area contributed by atoms with Gasteiger partial charge in [-0.25, -0.2) is 4.79 Å². The molecular weight excluding hydrogens is 290 g/mol. The van der Waals surface area contributed by atoms with Crippen molar-refractivity contribution in [1.82, 2.24) is 5.32 Å². The van der Waals surface area contributed by atoms with Crippen LogP contribution >= 0.6 is 11.6 Å². The molecule has 5 heteroatoms. The summed E-state index contributed by atoms with van der Waals surface area (Å²) in [4.78, 5) is 11.0. The van der Waals surface area contributed by atoms with Gasteiger partial charge in [0.2, 0.25) is 0 Å². The predicted molar refractivity (Wildman–Crippen MR) is 82.1 cm³/mol. The topological polar surface area (TPSA) is 58.6 Å². The number of hydrogen-bond donors (Lipinski definition) is 2. The number of benzene rings is 2. The Morgan fingerprint density at radius 1 is 1.14 bits per heavy atom. The second kappa shape index (κ2) is 7.67. The first-order valence-corrected chi connectivity index (χ1v) is 6.95. The highest BCUT2D eigenvalue weighted by Gasteiger charge is 2.09. The quantitative estimate of drug-likeness (QED) is 0.771. The monoisotopic (exact) mass is 305 g/mol. The first-order chi connectivity index (χ1) is 10.2. The summed E-state index contributed by atoms with van der Waals surface area (Å²) >= 11 is 5.82. The van der Waals surface area contributed by atoms with Gasteiger partial charge in [0, 0.05) is 18.1 Å². The van der Waals surface area contributed by atoms with Gasteiger partial charge >= 0.3 is 5.97 Å². The van der Waals surface area contributed by atoms with E-state index < -0.39 is 5.97 Å². The van der Waals surface area contributed by atoms with E-state index in [1.165, 1.54) is 6.07 Å². The number of carbonyl (C=O) groups is 1. The number of para-hydroxylation sites is 1. The van der Waals surface area contributed by atoms with Crippen molar-refractivity contribution < 1.29 is 14.6 Å². The number of halogens is 1. The number of hydrogen-bond acceptors (Lipinski definition) is 3. The van der Waals surface area contributed by atoms with Crippen molar-refractivity contribution in [2.24, 2.45) is 0 Å². The van der Waals surface area contributed by atoms with Crippen molar-refractivity contribution in [2.75, 3.05) is 13.2 Å². The van der Waals surface area contributed by atoms with E-state index in [4.69, 9.17) is 21.4 Å². The molecule has 0 heterocycles. The maximum atomic E-state index is 11.0. The summed E-state index contributed by atoms with van der Waals surface area (Å²) < 4.78 is 5.49. The van der Waals surface area contributed by atoms with Crippen LogP contribution in [0.2, 0.25) is 5.02 Å². The summed E-state index contributed by atoms with van der Waals surface area (Å²) in [7, 11) is 0. The molecule has 4 nitrogen and oxygen atoms in total. The van der Waals surface area contributed by atoms with Gasteiger partial charge in [0.25, 0.3) is 0 Å². The van der Waals surface area contributed by atoms with Crippen LogP contribution in [0.3, 0.4) is 0 Å². The van der Waals surface area contributed by atoms with Crippen LogP contribution < -0.4 is 10.1 Å². The molecule has 0 aliphatic rings. The molecule has 2 aromatic carbocycles. The Kier molecular flexibility index (Phi) is 5.60. The average molecular weight is 306 g/mol. The minimum atomic E-state index is -0.986. The normalized spacial score (nSPS) is 10.3. The number of carboxylic acids is 1. The summed E-state index contributed by atoms with van der Waals surface area (Å²) in [5.74, 6) is -0.599. The van der Waals surface area contributed by atoms with Crippen LogP contribution in [-0.4, -0.2) is 24.2 Å². The third-order valence-electron chi connectivity index (χ3n) is 2.90. The van der Waals surface area contributed by atoms with Gasteiger partial charge < -0.3 is 15.2 Å². The Morgan fingerprint density at radius 2 is 1.86 bits per heavy atom. The van der Waals surface area contributed by atoms with Crippen molar-refractivity contribution in [3.05, 3.63) is 64.7 Å². The van der Waals surface area contributed by atoms with Gasteiger partial charge in [-0.3, -0.25) is 0 Å². The Morgan fingerprint density at radius 3 is 2.57 bits per heavy atom. The fraction of sp³-hybridized carbons (Fsp3) is 0.188. The van der Waals surface area contributed by atoms with Crippen LogP contribution in [-0.2, 0) is 6.54 Å². The molecule has 21 heavy (non-hydrogen) atoms. The Balaban J connectivity index is 1.75. The minimum Gasteiger partial charge on any atom is -0.491 e. The molecule has 0 bridgehead atoms. The second-order valence-corrected chi connectivity index (χ2v) is 4.89. The molecule has 110 valence electrons. The molecule has 2 aromatic rings. The third-order valence-corrected chi connectivity index (χ3v) is 3.15. The molecule has 0 unspecified atom stereocenters. The lowest BCUT2D eigenvalue weighted by atomic mass is 10.2. The van der Waals surface area contributed by atoms with E-state index in [1.54, 1.807) is 18.2 Å². The molecular formula is C16H16ClNO3. The molecule has 2 rings (SSSR count). The summed E-state index contributed by atoms with van der Waals surface area (Å²) in [5, 5.41) is 13.0. The lowest BCUT2D eigenvalue weighted by Gasteiger charge is -2.09. The number of nitrogens with one attached hydrogen (secondary N) is 1. The zero-order chi connectivity index (χ0) is 15.1. The van der Waals surface area contributed by atoms with E-state index in [0.717, 1.165) is 5.56 Å². The lowest BCUT2D eigenvalue weighted by molar-refractivity contribution is 0.0692. The molecule has 0 spiro atoms. The van der Waals surface area contributed by atoms with E-state index in [0.29, 0.717) is 30.5 Å². The van der Waals surface area contributed by atoms with Crippen LogP contribution in [0.1, 0.15) is 15.9 Å². The molecule has 0 amide bonds. The first kappa shape index (κ1) is 15.4. The molecule has 0 aliphatic heterocycles. The highest BCUT2D eigenvalue weighted by molar-refractivity contribution is 6.30. The van der Waals surface area contributed by atoms with E-state index in [2.05, 4.69) is 5.32 Å². The van der Waals surface area contributed by atoms with E-state index >= 15 is 0 Å². The summed E-state index contributed by atoms with van der Waals surface area (Å²) in [5.41, 5.74) is 1.31. The zero-order valence-electron chi connectivity index (χ0n) is 11.4. The predicted octanol–water partition coefficient (Wildman–Crippen LogP) is 3.21. The zero-order valence-corrected chi connectivity index (χ0v) is 12.1. The molecule has 0 saturated heterocycles. The first-order valence-electron chi connectivity index (χ1n) is 6.57. The van der Waals surface area contributed by atoms with Gasteiger partial charge in [-0.2, -0.15) is 0 Å². The SMILES string of the molecule is O=C(O)c1ccccc1OCCNCc1ccc(Cl)cc1. The van der Waals surface area contributed by atoms with Gasteiger partial charge in [0.05, 0.1) is 0 Å². The highest BCUT2D eigenvalue weighted by atomic mass is 35.5. The van der Waals surface area contributed by atoms with Crippen molar-refractivity contribution in [2.45, 2.75) is 6.54 Å². The fourth-order valence-electron chi connectivity index (χ4n) is 1.84. The number of ether oxygens (including phenoxy) is 1. The van der Waals surface area contributed by atoms with E-state index in [-0.39, 0.29) is 5.56 Å². The summed E-state index contributed by atoms with van der Waals surface area (Å²) in [6.45, 7) is 1.73. The average Bonchev–Trinajstić information content (AvgIpc) is 2.49. The van der Waals surface area contributed by atoms with Crippen LogP contribution in [0.4, 0.5) is 0 Å². The lowest BCUT2D eigenvalue weighted by Crippen LogP contribution is -2.21. The fourth-order valence-corrected chi connectivity index (χ4v) is 1.96. The van der Waals surface area contributed by atoms with Crippen molar-refractivity contribution in [3.8, 4) is 5.75 Å². The van der Waals surface area contributed by atoms with Gasteiger partial charge in [-0.15, -0.1) is 0 Å². The molecule has 0 atom stereocenters. The van der Waals surface area contributed by atoms with Crippen molar-refractivity contribution in [1.29, 1.82) is 0 Å². The second-order valence-electron chi connectivity index (χ2n) is 4.45. The Hall–Kier alpha value is -2.04. The molecule has 0 radical (unpaired) electrons. The van der Waals surface area contributed by atoms with E-state index in [1.807, 2.05) is 24.3 Å². The number of rotatable bonds is 7. The van der Waals surface area contributed by atoms with Crippen LogP contribution in [0, 0.1) is 0 Å². The molecule has 0 aliphatic carbocycles. The van der Waals surface area contributed by atoms with Crippen LogP contribution in [0.5, 0.6) is 5.75 Å². The summed E-state index contributed by atoms with van der Waals surface area (Å²) in [6, 6.07) is 14.2. The van der Waals surface area contributed by atoms with Crippen molar-refractivity contribution >= 4 is 17.6 Å². The van der Waals surface area contributed by atoms with Gasteiger partial charge in [-0.05, 0) is 29.8 Å². The number of aromatic carboxylic acids is 1. The smallest absolute Gasteiger partial charge is 0.339 e. The number of carboxylic acid groups (broad SMARTS) is 1. The molecule has 0 saturated carbocycles. The highest BCUT2D eigenvalue weighted by Crippen LogP contribution is 2.17. The van der Waals surface area contributed by atoms with Gasteiger partial charge in [0.15, 0.2) is 0 Å². The largest absolute Gasteiger partial charge is 0.491 e. The maximum absolute atomic E-state index is 11.0. The summed E-state index contributed by atoms with van der Waals surface area (Å²) in [6.07, 6.45) is 0. The van der Waals surface area contributed by atoms with E-state index in [9.17, 15) is 4.79 Å². The molecule has 2 N–H and O–H groups in total. The standard InChI is InChI=1S/C16H16ClNO3/c17-13-7-5-12(6-8-13)11-18-9-10-21-15-4-2-1-3-14(15)16(19)20/h1-8,18H,9-11H2,(H,19,20). The van der Waals surface area contributed by atoms with Crippen molar-refractivity contribution in [3.63, 3.8) is 0 Å². The van der Waals surface area contributed by atoms with Gasteiger partial charge in [-0.1, -0.05) is 35.9 Å². The molecule has 0 fully saturated rings. The Labute approximate surface area is 128 Å². The third kappa shape index (κ3) is 4.77. The Bertz CT molecular complexity index is 599. The maximum Gasteiger partial charge on any atom is 0.339 e. The van der Waals surface area contributed by atoms with Crippen LogP contribution in [0.15, 0.2) is 48.5 Å².